The molecule has 1 aliphatic rings. The summed E-state index contributed by atoms with van der Waals surface area (Å²) in [6.07, 6.45) is -0.296. The van der Waals surface area contributed by atoms with Crippen LogP contribution in [-0.2, 0) is 11.4 Å². The Balaban J connectivity index is 1.95. The van der Waals surface area contributed by atoms with Crippen LogP contribution in [0.25, 0.3) is 5.57 Å². The summed E-state index contributed by atoms with van der Waals surface area (Å²) in [4.78, 5) is 15.9. The zero-order valence-electron chi connectivity index (χ0n) is 15.5. The molecule has 1 heterocycles. The third-order valence-electron chi connectivity index (χ3n) is 4.52. The zero-order valence-corrected chi connectivity index (χ0v) is 15.5. The van der Waals surface area contributed by atoms with Gasteiger partial charge in [0.25, 0.3) is 5.91 Å². The van der Waals surface area contributed by atoms with Crippen molar-refractivity contribution >= 4 is 17.2 Å². The number of ether oxygens (including phenoxy) is 1. The van der Waals surface area contributed by atoms with Crippen molar-refractivity contribution in [2.24, 2.45) is 32.6 Å². The largest absolute Gasteiger partial charge is 0.489 e. The van der Waals surface area contributed by atoms with Crippen LogP contribution in [0.2, 0.25) is 0 Å². The maximum Gasteiger partial charge on any atom is 0.269 e. The van der Waals surface area contributed by atoms with Crippen molar-refractivity contribution in [1.29, 1.82) is 0 Å². The average Bonchev–Trinajstić information content (AvgIpc) is 2.69. The Morgan fingerprint density at radius 2 is 1.96 bits per heavy atom. The number of rotatable bonds is 6. The molecule has 0 aliphatic carbocycles. The highest BCUT2D eigenvalue weighted by Gasteiger charge is 2.27. The van der Waals surface area contributed by atoms with Crippen LogP contribution in [0.5, 0.6) is 5.75 Å². The number of aliphatic imine (C=N–C) groups is 1. The van der Waals surface area contributed by atoms with Crippen LogP contribution >= 0.6 is 0 Å². The van der Waals surface area contributed by atoms with Gasteiger partial charge in [0.1, 0.15) is 18.1 Å². The number of nitrogens with zero attached hydrogens (tertiary/aromatic N) is 3. The number of hydrogen-bond acceptors (Lipinski definition) is 6. The van der Waals surface area contributed by atoms with Crippen molar-refractivity contribution in [3.63, 3.8) is 0 Å². The van der Waals surface area contributed by atoms with E-state index in [4.69, 9.17) is 22.0 Å². The summed E-state index contributed by atoms with van der Waals surface area (Å²) in [5.41, 5.74) is 15.4. The van der Waals surface area contributed by atoms with E-state index in [0.717, 1.165) is 22.4 Å². The van der Waals surface area contributed by atoms with Crippen molar-refractivity contribution in [1.82, 2.24) is 0 Å². The Morgan fingerprint density at radius 3 is 2.64 bits per heavy atom. The Kier molecular flexibility index (Phi) is 5.69. The topological polar surface area (TPSA) is 141 Å². The highest BCUT2D eigenvalue weighted by Crippen LogP contribution is 2.34. The Hall–Kier alpha value is -3.68. The molecule has 0 fully saturated rings. The molecule has 8 nitrogen and oxygen atoms in total. The molecule has 2 aromatic rings. The second-order valence-corrected chi connectivity index (χ2v) is 6.35. The number of hydrogen-bond donors (Lipinski definition) is 3. The Labute approximate surface area is 162 Å². The third-order valence-corrected chi connectivity index (χ3v) is 4.52. The molecule has 0 bridgehead atoms. The van der Waals surface area contributed by atoms with Gasteiger partial charge in [-0.05, 0) is 35.3 Å². The maximum absolute atomic E-state index is 11.8. The van der Waals surface area contributed by atoms with Gasteiger partial charge in [-0.15, -0.1) is 5.11 Å². The lowest BCUT2D eigenvalue weighted by molar-refractivity contribution is -0.112. The van der Waals surface area contributed by atoms with Crippen LogP contribution in [0.3, 0.4) is 0 Å². The van der Waals surface area contributed by atoms with Crippen LogP contribution in [-0.4, -0.2) is 17.8 Å². The van der Waals surface area contributed by atoms with Gasteiger partial charge in [-0.1, -0.05) is 47.7 Å². The third kappa shape index (κ3) is 4.01. The van der Waals surface area contributed by atoms with Crippen LogP contribution < -0.4 is 22.0 Å². The second kappa shape index (κ2) is 8.34. The number of amides is 1. The summed E-state index contributed by atoms with van der Waals surface area (Å²) >= 11 is 0. The monoisotopic (exact) mass is 378 g/mol. The molecule has 3 rings (SSSR count). The van der Waals surface area contributed by atoms with Gasteiger partial charge in [-0.2, -0.15) is 0 Å². The van der Waals surface area contributed by atoms with Gasteiger partial charge in [-0.3, -0.25) is 4.79 Å². The zero-order chi connectivity index (χ0) is 20.1. The van der Waals surface area contributed by atoms with Crippen molar-refractivity contribution in [2.45, 2.75) is 26.1 Å². The predicted octanol–water partition coefficient (Wildman–Crippen LogP) is 2.23. The SMILES string of the molecule is Cc1c(OCc2ccccc2)cccc1C1=C(N)C(C(N)=O)=NC(/N=N\N)C1. The lowest BCUT2D eigenvalue weighted by Crippen LogP contribution is -2.33. The van der Waals surface area contributed by atoms with Crippen molar-refractivity contribution < 1.29 is 9.53 Å². The first-order valence-corrected chi connectivity index (χ1v) is 8.74. The van der Waals surface area contributed by atoms with E-state index in [1.165, 1.54) is 0 Å². The van der Waals surface area contributed by atoms with E-state index < -0.39 is 12.1 Å². The van der Waals surface area contributed by atoms with Gasteiger partial charge in [-0.25, -0.2) is 4.99 Å². The molecular weight excluding hydrogens is 356 g/mol. The molecule has 6 N–H and O–H groups in total. The van der Waals surface area contributed by atoms with Crippen LogP contribution in [0.1, 0.15) is 23.1 Å². The van der Waals surface area contributed by atoms with Gasteiger partial charge in [0.05, 0.1) is 5.70 Å². The van der Waals surface area contributed by atoms with E-state index in [1.807, 2.05) is 55.5 Å². The van der Waals surface area contributed by atoms with E-state index in [2.05, 4.69) is 15.3 Å². The number of dihydropyridines is 1. The number of nitrogens with two attached hydrogens (primary N) is 3. The van der Waals surface area contributed by atoms with Crippen LogP contribution in [0.4, 0.5) is 0 Å². The molecule has 1 unspecified atom stereocenters. The van der Waals surface area contributed by atoms with Gasteiger partial charge >= 0.3 is 0 Å². The molecule has 8 heteroatoms. The Bertz CT molecular complexity index is 966. The van der Waals surface area contributed by atoms with E-state index in [9.17, 15) is 4.79 Å². The normalized spacial score (nSPS) is 16.9. The molecule has 0 saturated heterocycles. The van der Waals surface area contributed by atoms with E-state index in [1.54, 1.807) is 0 Å². The molecule has 0 radical (unpaired) electrons. The van der Waals surface area contributed by atoms with E-state index >= 15 is 0 Å². The number of carbonyl (C=O) groups excluding carboxylic acids is 1. The first kappa shape index (κ1) is 19.1. The first-order valence-electron chi connectivity index (χ1n) is 8.74. The number of benzene rings is 2. The predicted molar refractivity (Wildman–Crippen MR) is 107 cm³/mol. The lowest BCUT2D eigenvalue weighted by Gasteiger charge is -2.22. The van der Waals surface area contributed by atoms with Crippen LogP contribution in [0, 0.1) is 6.92 Å². The van der Waals surface area contributed by atoms with Gasteiger partial charge in [0.2, 0.25) is 0 Å². The van der Waals surface area contributed by atoms with Crippen molar-refractivity contribution in [3.8, 4) is 5.75 Å². The fourth-order valence-corrected chi connectivity index (χ4v) is 3.13. The molecule has 1 aliphatic heterocycles. The molecule has 0 saturated carbocycles. The molecule has 144 valence electrons. The number of carbonyl (C=O) groups is 1. The van der Waals surface area contributed by atoms with Gasteiger partial charge in [0, 0.05) is 6.42 Å². The molecular formula is C20H22N6O2. The van der Waals surface area contributed by atoms with Gasteiger partial charge in [0.15, 0.2) is 6.17 Å². The number of primary amides is 1. The average molecular weight is 378 g/mol. The summed E-state index contributed by atoms with van der Waals surface area (Å²) in [6, 6.07) is 15.6. The second-order valence-electron chi connectivity index (χ2n) is 6.35. The fourth-order valence-electron chi connectivity index (χ4n) is 3.13. The molecule has 1 amide bonds. The van der Waals surface area contributed by atoms with Crippen LogP contribution in [0.15, 0.2) is 69.6 Å². The molecule has 0 aromatic heterocycles. The highest BCUT2D eigenvalue weighted by molar-refractivity contribution is 6.46. The Morgan fingerprint density at radius 1 is 1.21 bits per heavy atom. The van der Waals surface area contributed by atoms with Gasteiger partial charge < -0.3 is 22.0 Å². The van der Waals surface area contributed by atoms with E-state index in [-0.39, 0.29) is 11.4 Å². The lowest BCUT2D eigenvalue weighted by atomic mass is 9.91. The molecule has 0 spiro atoms. The standard InChI is InChI=1S/C20H22N6O2/c1-12-14(8-5-9-16(12)28-11-13-6-3-2-4-7-13)15-10-17(25-26-23)24-19(18(15)21)20(22)27/h2-9,17H,10-11,21H2,1H3,(H2,22,27)(H2,23,25). The fraction of sp³-hybridized carbons (Fsp3) is 0.200. The minimum absolute atomic E-state index is 0.0198. The highest BCUT2D eigenvalue weighted by atomic mass is 16.5. The van der Waals surface area contributed by atoms with Crippen molar-refractivity contribution in [3.05, 3.63) is 70.9 Å². The summed E-state index contributed by atoms with van der Waals surface area (Å²) in [5, 5.41) is 7.13. The first-order chi connectivity index (χ1) is 13.5. The summed E-state index contributed by atoms with van der Waals surface area (Å²) in [6.45, 7) is 2.38. The minimum Gasteiger partial charge on any atom is -0.489 e. The quantitative estimate of drug-likeness (QED) is 0.402. The maximum atomic E-state index is 11.8. The molecule has 28 heavy (non-hydrogen) atoms. The van der Waals surface area contributed by atoms with E-state index in [0.29, 0.717) is 18.6 Å². The summed E-state index contributed by atoms with van der Waals surface area (Å²) in [7, 11) is 0. The summed E-state index contributed by atoms with van der Waals surface area (Å²) < 4.78 is 5.99. The minimum atomic E-state index is -0.721. The smallest absolute Gasteiger partial charge is 0.269 e. The molecule has 2 aromatic carbocycles. The molecule has 1 atom stereocenters. The summed E-state index contributed by atoms with van der Waals surface area (Å²) in [5.74, 6) is 5.16. The van der Waals surface area contributed by atoms with Crippen molar-refractivity contribution in [2.75, 3.05) is 0 Å².